The predicted molar refractivity (Wildman–Crippen MR) is 63.2 cm³/mol. The Hall–Kier alpha value is -2.12. The van der Waals surface area contributed by atoms with Gasteiger partial charge >= 0.3 is 5.97 Å². The maximum Gasteiger partial charge on any atom is 0.328 e. The van der Waals surface area contributed by atoms with E-state index >= 15 is 0 Å². The summed E-state index contributed by atoms with van der Waals surface area (Å²) in [6.45, 7) is 3.58. The first-order chi connectivity index (χ1) is 8.43. The van der Waals surface area contributed by atoms with Crippen LogP contribution >= 0.6 is 0 Å². The molecule has 1 amide bonds. The van der Waals surface area contributed by atoms with Gasteiger partial charge in [0.1, 0.15) is 18.9 Å². The third-order valence-electron chi connectivity index (χ3n) is 2.30. The molecule has 0 bridgehead atoms. The highest BCUT2D eigenvalue weighted by atomic mass is 16.5. The van der Waals surface area contributed by atoms with E-state index in [4.69, 9.17) is 5.73 Å². The molecule has 0 saturated carbocycles. The lowest BCUT2D eigenvalue weighted by Gasteiger charge is -2.19. The largest absolute Gasteiger partial charge is 0.467 e. The van der Waals surface area contributed by atoms with Crippen LogP contribution in [0.4, 0.5) is 5.95 Å². The number of esters is 1. The van der Waals surface area contributed by atoms with Crippen LogP contribution in [0.25, 0.3) is 0 Å². The van der Waals surface area contributed by atoms with E-state index in [2.05, 4.69) is 20.1 Å². The first kappa shape index (κ1) is 13.9. The van der Waals surface area contributed by atoms with Gasteiger partial charge in [-0.3, -0.25) is 4.79 Å². The fourth-order valence-corrected chi connectivity index (χ4v) is 1.38. The molecule has 1 heterocycles. The van der Waals surface area contributed by atoms with E-state index in [0.29, 0.717) is 0 Å². The number of nitrogen functional groups attached to an aromatic ring is 1. The molecule has 1 rings (SSSR count). The first-order valence-electron chi connectivity index (χ1n) is 5.46. The molecule has 0 radical (unpaired) electrons. The Balaban J connectivity index is 2.59. The van der Waals surface area contributed by atoms with Crippen molar-refractivity contribution in [2.75, 3.05) is 12.8 Å². The molecule has 8 heteroatoms. The summed E-state index contributed by atoms with van der Waals surface area (Å²) in [7, 11) is 1.28. The Bertz CT molecular complexity index is 429. The van der Waals surface area contributed by atoms with Crippen molar-refractivity contribution in [1.82, 2.24) is 20.1 Å². The van der Waals surface area contributed by atoms with Crippen LogP contribution in [-0.2, 0) is 20.9 Å². The second-order valence-corrected chi connectivity index (χ2v) is 4.11. The molecule has 1 aromatic rings. The van der Waals surface area contributed by atoms with Crippen LogP contribution in [0.2, 0.25) is 0 Å². The van der Waals surface area contributed by atoms with Crippen molar-refractivity contribution in [3.63, 3.8) is 0 Å². The quantitative estimate of drug-likeness (QED) is 0.664. The second kappa shape index (κ2) is 5.99. The summed E-state index contributed by atoms with van der Waals surface area (Å²) < 4.78 is 5.91. The maximum absolute atomic E-state index is 11.7. The SMILES string of the molecule is COC(=O)C(NC(=O)Cn1cnc(N)n1)C(C)C. The van der Waals surface area contributed by atoms with Gasteiger partial charge in [0.05, 0.1) is 7.11 Å². The van der Waals surface area contributed by atoms with Gasteiger partial charge in [-0.05, 0) is 5.92 Å². The van der Waals surface area contributed by atoms with Gasteiger partial charge in [0.2, 0.25) is 11.9 Å². The Morgan fingerprint density at radius 1 is 1.56 bits per heavy atom. The van der Waals surface area contributed by atoms with Crippen LogP contribution in [0, 0.1) is 5.92 Å². The van der Waals surface area contributed by atoms with E-state index in [-0.39, 0.29) is 24.3 Å². The number of ether oxygens (including phenoxy) is 1. The molecule has 0 aromatic carbocycles. The maximum atomic E-state index is 11.7. The van der Waals surface area contributed by atoms with E-state index in [1.54, 1.807) is 0 Å². The molecule has 0 fully saturated rings. The van der Waals surface area contributed by atoms with E-state index in [9.17, 15) is 9.59 Å². The van der Waals surface area contributed by atoms with Gasteiger partial charge in [-0.25, -0.2) is 14.5 Å². The number of rotatable bonds is 5. The number of nitrogens with one attached hydrogen (secondary N) is 1. The van der Waals surface area contributed by atoms with Crippen LogP contribution in [0.5, 0.6) is 0 Å². The van der Waals surface area contributed by atoms with Gasteiger partial charge in [0.25, 0.3) is 0 Å². The molecule has 100 valence electrons. The molecule has 0 spiro atoms. The van der Waals surface area contributed by atoms with Crippen LogP contribution < -0.4 is 11.1 Å². The minimum absolute atomic E-state index is 0.0512. The molecular weight excluding hydrogens is 238 g/mol. The predicted octanol–water partition coefficient (Wildman–Crippen LogP) is -0.826. The van der Waals surface area contributed by atoms with E-state index in [1.807, 2.05) is 13.8 Å². The normalized spacial score (nSPS) is 12.2. The fourth-order valence-electron chi connectivity index (χ4n) is 1.38. The summed E-state index contributed by atoms with van der Waals surface area (Å²) in [5.41, 5.74) is 5.32. The number of carbonyl (C=O) groups excluding carboxylic acids is 2. The van der Waals surface area contributed by atoms with Crippen LogP contribution in [0.15, 0.2) is 6.33 Å². The van der Waals surface area contributed by atoms with Gasteiger partial charge in [-0.2, -0.15) is 0 Å². The van der Waals surface area contributed by atoms with Crippen molar-refractivity contribution in [1.29, 1.82) is 0 Å². The molecule has 0 saturated heterocycles. The molecule has 0 aliphatic carbocycles. The number of hydrogen-bond donors (Lipinski definition) is 2. The average molecular weight is 255 g/mol. The molecular formula is C10H17N5O3. The third-order valence-corrected chi connectivity index (χ3v) is 2.30. The summed E-state index contributed by atoms with van der Waals surface area (Å²) in [5.74, 6) is -0.807. The highest BCUT2D eigenvalue weighted by Crippen LogP contribution is 2.03. The summed E-state index contributed by atoms with van der Waals surface area (Å²) in [6.07, 6.45) is 1.34. The van der Waals surface area contributed by atoms with Crippen LogP contribution in [0.3, 0.4) is 0 Å². The lowest BCUT2D eigenvalue weighted by Crippen LogP contribution is -2.46. The van der Waals surface area contributed by atoms with Crippen molar-refractivity contribution in [2.45, 2.75) is 26.4 Å². The number of nitrogens with zero attached hydrogens (tertiary/aromatic N) is 3. The monoisotopic (exact) mass is 255 g/mol. The molecule has 1 atom stereocenters. The van der Waals surface area contributed by atoms with Gasteiger partial charge in [0.15, 0.2) is 0 Å². The topological polar surface area (TPSA) is 112 Å². The van der Waals surface area contributed by atoms with Gasteiger partial charge < -0.3 is 15.8 Å². The zero-order valence-corrected chi connectivity index (χ0v) is 10.6. The molecule has 18 heavy (non-hydrogen) atoms. The highest BCUT2D eigenvalue weighted by molar-refractivity contribution is 5.84. The van der Waals surface area contributed by atoms with Gasteiger partial charge in [-0.1, -0.05) is 13.8 Å². The van der Waals surface area contributed by atoms with E-state index in [0.717, 1.165) is 0 Å². The van der Waals surface area contributed by atoms with Crippen molar-refractivity contribution < 1.29 is 14.3 Å². The van der Waals surface area contributed by atoms with Crippen molar-refractivity contribution in [2.24, 2.45) is 5.92 Å². The molecule has 0 aliphatic heterocycles. The van der Waals surface area contributed by atoms with Crippen molar-refractivity contribution in [3.8, 4) is 0 Å². The summed E-state index contributed by atoms with van der Waals surface area (Å²) >= 11 is 0. The second-order valence-electron chi connectivity index (χ2n) is 4.11. The zero-order chi connectivity index (χ0) is 13.7. The molecule has 3 N–H and O–H groups in total. The molecule has 1 aromatic heterocycles. The van der Waals surface area contributed by atoms with Gasteiger partial charge in [0, 0.05) is 0 Å². The average Bonchev–Trinajstić information content (AvgIpc) is 2.70. The Kier molecular flexibility index (Phi) is 4.64. The summed E-state index contributed by atoms with van der Waals surface area (Å²) in [5, 5.41) is 6.36. The van der Waals surface area contributed by atoms with Crippen LogP contribution in [-0.4, -0.2) is 39.8 Å². The standard InChI is InChI=1S/C10H17N5O3/c1-6(2)8(9(17)18-3)13-7(16)4-15-5-12-10(11)14-15/h5-6,8H,4H2,1-3H3,(H2,11,14)(H,13,16). The number of methoxy groups -OCH3 is 1. The number of aromatic nitrogens is 3. The number of carbonyl (C=O) groups is 2. The Morgan fingerprint density at radius 2 is 2.22 bits per heavy atom. The zero-order valence-electron chi connectivity index (χ0n) is 10.6. The lowest BCUT2D eigenvalue weighted by atomic mass is 10.0. The van der Waals surface area contributed by atoms with Gasteiger partial charge in [-0.15, -0.1) is 5.10 Å². The van der Waals surface area contributed by atoms with Crippen LogP contribution in [0.1, 0.15) is 13.8 Å². The van der Waals surface area contributed by atoms with E-state index < -0.39 is 12.0 Å². The molecule has 0 aliphatic rings. The highest BCUT2D eigenvalue weighted by Gasteiger charge is 2.24. The smallest absolute Gasteiger partial charge is 0.328 e. The van der Waals surface area contributed by atoms with Crippen molar-refractivity contribution >= 4 is 17.8 Å². The number of hydrogen-bond acceptors (Lipinski definition) is 6. The lowest BCUT2D eigenvalue weighted by molar-refractivity contribution is -0.146. The molecule has 8 nitrogen and oxygen atoms in total. The summed E-state index contributed by atoms with van der Waals surface area (Å²) in [4.78, 5) is 26.9. The first-order valence-corrected chi connectivity index (χ1v) is 5.46. The number of anilines is 1. The Morgan fingerprint density at radius 3 is 2.67 bits per heavy atom. The summed E-state index contributed by atoms with van der Waals surface area (Å²) in [6, 6.07) is -0.677. The minimum Gasteiger partial charge on any atom is -0.467 e. The van der Waals surface area contributed by atoms with Crippen molar-refractivity contribution in [3.05, 3.63) is 6.33 Å². The Labute approximate surface area is 105 Å². The number of nitrogens with two attached hydrogens (primary N) is 1. The minimum atomic E-state index is -0.677. The molecule has 1 unspecified atom stereocenters. The van der Waals surface area contributed by atoms with E-state index in [1.165, 1.54) is 18.1 Å². The third kappa shape index (κ3) is 3.72. The fraction of sp³-hybridized carbons (Fsp3) is 0.600. The number of amides is 1.